The van der Waals surface area contributed by atoms with Gasteiger partial charge in [0.2, 0.25) is 0 Å². The zero-order valence-electron chi connectivity index (χ0n) is 17.7. The minimum Gasteiger partial charge on any atom is -0.482 e. The van der Waals surface area contributed by atoms with Gasteiger partial charge in [0.05, 0.1) is 6.61 Å². The molecule has 0 saturated heterocycles. The SMILES string of the molecule is O=C(COc1ccc2ccccc2c1)OCC1CC2c3ccccc3C1c1ccccc12. The van der Waals surface area contributed by atoms with Crippen LogP contribution in [-0.2, 0) is 9.53 Å². The van der Waals surface area contributed by atoms with E-state index in [0.29, 0.717) is 18.3 Å². The van der Waals surface area contributed by atoms with Crippen LogP contribution in [0.4, 0.5) is 0 Å². The van der Waals surface area contributed by atoms with Gasteiger partial charge in [-0.15, -0.1) is 0 Å². The Labute approximate surface area is 187 Å². The van der Waals surface area contributed by atoms with Gasteiger partial charge >= 0.3 is 5.97 Å². The van der Waals surface area contributed by atoms with Crippen molar-refractivity contribution in [3.05, 3.63) is 113 Å². The zero-order valence-corrected chi connectivity index (χ0v) is 17.7. The molecule has 3 aliphatic rings. The molecule has 32 heavy (non-hydrogen) atoms. The van der Waals surface area contributed by atoms with Crippen molar-refractivity contribution in [2.75, 3.05) is 13.2 Å². The van der Waals surface area contributed by atoms with E-state index in [9.17, 15) is 4.79 Å². The predicted octanol–water partition coefficient (Wildman–Crippen LogP) is 6.06. The maximum absolute atomic E-state index is 12.5. The third-order valence-electron chi connectivity index (χ3n) is 6.96. The van der Waals surface area contributed by atoms with E-state index in [0.717, 1.165) is 17.2 Å². The van der Waals surface area contributed by atoms with E-state index in [1.807, 2.05) is 36.4 Å². The third-order valence-corrected chi connectivity index (χ3v) is 6.96. The van der Waals surface area contributed by atoms with E-state index in [1.165, 1.54) is 22.3 Å². The van der Waals surface area contributed by atoms with Gasteiger partial charge in [-0.25, -0.2) is 4.79 Å². The number of rotatable bonds is 5. The van der Waals surface area contributed by atoms with Crippen LogP contribution in [0, 0.1) is 5.92 Å². The topological polar surface area (TPSA) is 35.5 Å². The lowest BCUT2D eigenvalue weighted by Crippen LogP contribution is -2.35. The maximum atomic E-state index is 12.5. The van der Waals surface area contributed by atoms with E-state index in [-0.39, 0.29) is 24.4 Å². The first kappa shape index (κ1) is 19.1. The molecule has 4 aromatic carbocycles. The largest absolute Gasteiger partial charge is 0.482 e. The molecule has 0 amide bonds. The molecule has 0 spiro atoms. The highest BCUT2D eigenvalue weighted by Crippen LogP contribution is 2.55. The molecule has 3 heteroatoms. The summed E-state index contributed by atoms with van der Waals surface area (Å²) in [6.07, 6.45) is 1.01. The van der Waals surface area contributed by atoms with Crippen LogP contribution >= 0.6 is 0 Å². The molecule has 0 heterocycles. The molecule has 1 unspecified atom stereocenters. The molecule has 0 N–H and O–H groups in total. The molecule has 3 aliphatic carbocycles. The molecule has 158 valence electrons. The lowest BCUT2D eigenvalue weighted by Gasteiger charge is -2.45. The molecule has 0 saturated carbocycles. The number of fused-ring (bicyclic) bond motifs is 2. The highest BCUT2D eigenvalue weighted by Gasteiger charge is 2.43. The Bertz CT molecular complexity index is 1260. The molecule has 4 aromatic rings. The molecule has 0 aliphatic heterocycles. The lowest BCUT2D eigenvalue weighted by atomic mass is 9.59. The minimum atomic E-state index is -0.318. The van der Waals surface area contributed by atoms with Crippen LogP contribution in [-0.4, -0.2) is 19.2 Å². The van der Waals surface area contributed by atoms with Gasteiger partial charge in [-0.05, 0) is 51.6 Å². The third kappa shape index (κ3) is 3.25. The average molecular weight is 421 g/mol. The Morgan fingerprint density at radius 1 is 0.750 bits per heavy atom. The summed E-state index contributed by atoms with van der Waals surface area (Å²) in [5.74, 6) is 1.31. The van der Waals surface area contributed by atoms with Gasteiger partial charge in [-0.3, -0.25) is 0 Å². The van der Waals surface area contributed by atoms with Crippen molar-refractivity contribution in [2.45, 2.75) is 18.3 Å². The standard InChI is InChI=1S/C29H24O3/c30-28(18-31-22-14-13-19-7-1-2-8-20(19)15-22)32-17-21-16-27-23-9-3-5-11-25(23)29(21)26-12-6-4-10-24(26)27/h1-15,21,27,29H,16-18H2. The monoisotopic (exact) mass is 420 g/mol. The Balaban J connectivity index is 1.14. The second-order valence-electron chi connectivity index (χ2n) is 8.76. The van der Waals surface area contributed by atoms with E-state index in [4.69, 9.17) is 9.47 Å². The van der Waals surface area contributed by atoms with Crippen molar-refractivity contribution in [1.29, 1.82) is 0 Å². The first-order chi connectivity index (χ1) is 15.8. The maximum Gasteiger partial charge on any atom is 0.344 e. The summed E-state index contributed by atoms with van der Waals surface area (Å²) in [5, 5.41) is 2.24. The number of ether oxygens (including phenoxy) is 2. The summed E-state index contributed by atoms with van der Waals surface area (Å²) >= 11 is 0. The molecule has 0 aromatic heterocycles. The summed E-state index contributed by atoms with van der Waals surface area (Å²) in [5.41, 5.74) is 5.63. The summed E-state index contributed by atoms with van der Waals surface area (Å²) in [4.78, 5) is 12.5. The molecule has 0 fully saturated rings. The molecular weight excluding hydrogens is 396 g/mol. The van der Waals surface area contributed by atoms with Crippen molar-refractivity contribution >= 4 is 16.7 Å². The fourth-order valence-corrected chi connectivity index (χ4v) is 5.56. The minimum absolute atomic E-state index is 0.0771. The van der Waals surface area contributed by atoms with Crippen LogP contribution in [0.1, 0.15) is 40.5 Å². The first-order valence-corrected chi connectivity index (χ1v) is 11.2. The molecule has 1 atom stereocenters. The Hall–Kier alpha value is -3.59. The number of hydrogen-bond donors (Lipinski definition) is 0. The second kappa shape index (κ2) is 7.83. The van der Waals surface area contributed by atoms with Crippen LogP contribution in [0.15, 0.2) is 91.0 Å². The normalized spacial score (nSPS) is 20.4. The number of benzene rings is 4. The molecule has 3 nitrogen and oxygen atoms in total. The molecule has 0 radical (unpaired) electrons. The van der Waals surface area contributed by atoms with Crippen LogP contribution in [0.3, 0.4) is 0 Å². The molecule has 2 bridgehead atoms. The van der Waals surface area contributed by atoms with E-state index < -0.39 is 0 Å². The highest BCUT2D eigenvalue weighted by atomic mass is 16.6. The van der Waals surface area contributed by atoms with Gasteiger partial charge in [-0.1, -0.05) is 78.9 Å². The van der Waals surface area contributed by atoms with Crippen LogP contribution in [0.25, 0.3) is 10.8 Å². The van der Waals surface area contributed by atoms with E-state index in [1.54, 1.807) is 0 Å². The van der Waals surface area contributed by atoms with Gasteiger partial charge in [-0.2, -0.15) is 0 Å². The Morgan fingerprint density at radius 3 is 2.09 bits per heavy atom. The fraction of sp³-hybridized carbons (Fsp3) is 0.207. The van der Waals surface area contributed by atoms with Gasteiger partial charge in [0.25, 0.3) is 0 Å². The smallest absolute Gasteiger partial charge is 0.344 e. The number of hydrogen-bond acceptors (Lipinski definition) is 3. The molecule has 7 rings (SSSR count). The summed E-state index contributed by atoms with van der Waals surface area (Å²) in [6.45, 7) is 0.343. The summed E-state index contributed by atoms with van der Waals surface area (Å²) < 4.78 is 11.4. The van der Waals surface area contributed by atoms with E-state index in [2.05, 4.69) is 54.6 Å². The van der Waals surface area contributed by atoms with Gasteiger partial charge in [0, 0.05) is 17.8 Å². The molecular formula is C29H24O3. The fourth-order valence-electron chi connectivity index (χ4n) is 5.56. The Morgan fingerprint density at radius 2 is 1.38 bits per heavy atom. The highest BCUT2D eigenvalue weighted by molar-refractivity contribution is 5.83. The average Bonchev–Trinajstić information content (AvgIpc) is 2.86. The van der Waals surface area contributed by atoms with Gasteiger partial charge in [0.15, 0.2) is 6.61 Å². The predicted molar refractivity (Wildman–Crippen MR) is 125 cm³/mol. The van der Waals surface area contributed by atoms with Gasteiger partial charge < -0.3 is 9.47 Å². The lowest BCUT2D eigenvalue weighted by molar-refractivity contribution is -0.147. The van der Waals surface area contributed by atoms with Crippen molar-refractivity contribution in [1.82, 2.24) is 0 Å². The zero-order chi connectivity index (χ0) is 21.5. The summed E-state index contributed by atoms with van der Waals surface area (Å²) in [6, 6.07) is 31.4. The number of carbonyl (C=O) groups is 1. The van der Waals surface area contributed by atoms with Crippen LogP contribution in [0.5, 0.6) is 5.75 Å². The Kier molecular flexibility index (Phi) is 4.68. The van der Waals surface area contributed by atoms with Crippen molar-refractivity contribution in [3.63, 3.8) is 0 Å². The number of carbonyl (C=O) groups excluding carboxylic acids is 1. The van der Waals surface area contributed by atoms with Crippen molar-refractivity contribution in [3.8, 4) is 5.75 Å². The van der Waals surface area contributed by atoms with Crippen LogP contribution in [0.2, 0.25) is 0 Å². The van der Waals surface area contributed by atoms with Gasteiger partial charge in [0.1, 0.15) is 5.75 Å². The van der Waals surface area contributed by atoms with Crippen LogP contribution < -0.4 is 4.74 Å². The van der Waals surface area contributed by atoms with E-state index >= 15 is 0 Å². The van der Waals surface area contributed by atoms with Crippen molar-refractivity contribution < 1.29 is 14.3 Å². The first-order valence-electron chi connectivity index (χ1n) is 11.2. The second-order valence-corrected chi connectivity index (χ2v) is 8.76. The quantitative estimate of drug-likeness (QED) is 0.368. The van der Waals surface area contributed by atoms with Crippen molar-refractivity contribution in [2.24, 2.45) is 5.92 Å². The summed E-state index contributed by atoms with van der Waals surface area (Å²) in [7, 11) is 0. The number of esters is 1.